The average molecular weight is 300 g/mol. The molecule has 1 aromatic carbocycles. The zero-order valence-electron chi connectivity index (χ0n) is 12.1. The Hall–Kier alpha value is -2.89. The minimum absolute atomic E-state index is 0.141. The smallest absolute Gasteiger partial charge is 0.325 e. The Morgan fingerprint density at radius 1 is 1.18 bits per heavy atom. The van der Waals surface area contributed by atoms with Crippen LogP contribution in [-0.4, -0.2) is 29.2 Å². The maximum absolute atomic E-state index is 11.8. The van der Waals surface area contributed by atoms with Gasteiger partial charge in [-0.2, -0.15) is 0 Å². The SMILES string of the molecule is CC(=O)c1c[nH]c(C(=O)NCC(=O)OCc2ccccc2)c1. The van der Waals surface area contributed by atoms with Gasteiger partial charge >= 0.3 is 5.97 Å². The lowest BCUT2D eigenvalue weighted by molar-refractivity contribution is -0.143. The summed E-state index contributed by atoms with van der Waals surface area (Å²) in [4.78, 5) is 37.2. The second-order valence-corrected chi connectivity index (χ2v) is 4.69. The first-order valence-corrected chi connectivity index (χ1v) is 6.73. The number of aromatic amines is 1. The van der Waals surface area contributed by atoms with Gasteiger partial charge in [0.2, 0.25) is 0 Å². The molecule has 0 aliphatic heterocycles. The van der Waals surface area contributed by atoms with Crippen molar-refractivity contribution in [3.05, 3.63) is 59.4 Å². The molecule has 6 heteroatoms. The molecule has 2 aromatic rings. The monoisotopic (exact) mass is 300 g/mol. The molecule has 1 amide bonds. The first kappa shape index (κ1) is 15.5. The van der Waals surface area contributed by atoms with E-state index in [1.165, 1.54) is 19.2 Å². The predicted octanol–water partition coefficient (Wildman–Crippen LogP) is 1.69. The third-order valence-corrected chi connectivity index (χ3v) is 2.97. The van der Waals surface area contributed by atoms with Gasteiger partial charge in [0.15, 0.2) is 5.78 Å². The van der Waals surface area contributed by atoms with Gasteiger partial charge in [-0.25, -0.2) is 0 Å². The summed E-state index contributed by atoms with van der Waals surface area (Å²) in [7, 11) is 0. The Morgan fingerprint density at radius 2 is 1.91 bits per heavy atom. The standard InChI is InChI=1S/C16H16N2O4/c1-11(19)13-7-14(17-8-13)16(21)18-9-15(20)22-10-12-5-3-2-4-6-12/h2-8,17H,9-10H2,1H3,(H,18,21). The number of aromatic nitrogens is 1. The molecule has 0 radical (unpaired) electrons. The van der Waals surface area contributed by atoms with E-state index < -0.39 is 11.9 Å². The molecule has 1 heterocycles. The number of Topliss-reactive ketones (excluding diaryl/α,β-unsaturated/α-hetero) is 1. The number of amides is 1. The van der Waals surface area contributed by atoms with Gasteiger partial charge in [0.25, 0.3) is 5.91 Å². The maximum atomic E-state index is 11.8. The summed E-state index contributed by atoms with van der Waals surface area (Å²) in [5.74, 6) is -1.14. The first-order chi connectivity index (χ1) is 10.6. The summed E-state index contributed by atoms with van der Waals surface area (Å²) in [6.07, 6.45) is 1.45. The van der Waals surface area contributed by atoms with Crippen LogP contribution in [-0.2, 0) is 16.1 Å². The lowest BCUT2D eigenvalue weighted by atomic mass is 10.2. The molecular formula is C16H16N2O4. The highest BCUT2D eigenvalue weighted by Gasteiger charge is 2.12. The number of hydrogen-bond donors (Lipinski definition) is 2. The van der Waals surface area contributed by atoms with Crippen molar-refractivity contribution in [2.75, 3.05) is 6.54 Å². The van der Waals surface area contributed by atoms with Crippen molar-refractivity contribution in [3.8, 4) is 0 Å². The third-order valence-electron chi connectivity index (χ3n) is 2.97. The number of benzene rings is 1. The normalized spacial score (nSPS) is 10.0. The quantitative estimate of drug-likeness (QED) is 0.627. The van der Waals surface area contributed by atoms with Crippen LogP contribution in [0.15, 0.2) is 42.6 Å². The lowest BCUT2D eigenvalue weighted by Crippen LogP contribution is -2.30. The number of rotatable bonds is 6. The van der Waals surface area contributed by atoms with Crippen LogP contribution in [0.1, 0.15) is 33.3 Å². The van der Waals surface area contributed by atoms with E-state index >= 15 is 0 Å². The number of carbonyl (C=O) groups is 3. The second-order valence-electron chi connectivity index (χ2n) is 4.69. The lowest BCUT2D eigenvalue weighted by Gasteiger charge is -2.06. The van der Waals surface area contributed by atoms with E-state index in [2.05, 4.69) is 10.3 Å². The van der Waals surface area contributed by atoms with Crippen molar-refractivity contribution < 1.29 is 19.1 Å². The van der Waals surface area contributed by atoms with Gasteiger partial charge in [0, 0.05) is 11.8 Å². The Balaban J connectivity index is 1.78. The van der Waals surface area contributed by atoms with Crippen LogP contribution in [0.5, 0.6) is 0 Å². The van der Waals surface area contributed by atoms with Crippen LogP contribution in [0.4, 0.5) is 0 Å². The third kappa shape index (κ3) is 4.31. The fourth-order valence-corrected chi connectivity index (χ4v) is 1.77. The van der Waals surface area contributed by atoms with E-state index in [0.29, 0.717) is 5.56 Å². The zero-order valence-corrected chi connectivity index (χ0v) is 12.1. The average Bonchev–Trinajstić information content (AvgIpc) is 3.02. The van der Waals surface area contributed by atoms with Crippen LogP contribution in [0.3, 0.4) is 0 Å². The van der Waals surface area contributed by atoms with Crippen LogP contribution in [0.25, 0.3) is 0 Å². The molecule has 22 heavy (non-hydrogen) atoms. The molecule has 2 rings (SSSR count). The Kier molecular flexibility index (Phi) is 5.08. The first-order valence-electron chi connectivity index (χ1n) is 6.73. The molecule has 2 N–H and O–H groups in total. The van der Waals surface area contributed by atoms with Gasteiger partial charge in [-0.15, -0.1) is 0 Å². The maximum Gasteiger partial charge on any atom is 0.325 e. The Labute approximate surface area is 127 Å². The number of ketones is 1. The Morgan fingerprint density at radius 3 is 2.55 bits per heavy atom. The molecular weight excluding hydrogens is 284 g/mol. The molecule has 0 unspecified atom stereocenters. The van der Waals surface area contributed by atoms with E-state index in [9.17, 15) is 14.4 Å². The number of H-pyrrole nitrogens is 1. The van der Waals surface area contributed by atoms with E-state index in [4.69, 9.17) is 4.74 Å². The van der Waals surface area contributed by atoms with Gasteiger partial charge < -0.3 is 15.0 Å². The van der Waals surface area contributed by atoms with Crippen LogP contribution in [0.2, 0.25) is 0 Å². The number of esters is 1. The van der Waals surface area contributed by atoms with Crippen molar-refractivity contribution in [2.45, 2.75) is 13.5 Å². The van der Waals surface area contributed by atoms with Crippen molar-refractivity contribution in [2.24, 2.45) is 0 Å². The summed E-state index contributed by atoms with van der Waals surface area (Å²) in [5, 5.41) is 2.43. The summed E-state index contributed by atoms with van der Waals surface area (Å²) in [6, 6.07) is 10.7. The number of carbonyl (C=O) groups excluding carboxylic acids is 3. The van der Waals surface area contributed by atoms with Gasteiger partial charge in [-0.05, 0) is 18.6 Å². The molecule has 0 atom stereocenters. The summed E-state index contributed by atoms with van der Waals surface area (Å²) in [5.41, 5.74) is 1.51. The molecule has 0 saturated carbocycles. The van der Waals surface area contributed by atoms with Gasteiger partial charge in [0.1, 0.15) is 18.8 Å². The fourth-order valence-electron chi connectivity index (χ4n) is 1.77. The molecule has 1 aromatic heterocycles. The second kappa shape index (κ2) is 7.21. The molecule has 114 valence electrons. The van der Waals surface area contributed by atoms with Crippen molar-refractivity contribution in [1.82, 2.24) is 10.3 Å². The van der Waals surface area contributed by atoms with Crippen molar-refractivity contribution in [1.29, 1.82) is 0 Å². The van der Waals surface area contributed by atoms with Gasteiger partial charge in [-0.3, -0.25) is 14.4 Å². The van der Waals surface area contributed by atoms with Crippen molar-refractivity contribution in [3.63, 3.8) is 0 Å². The van der Waals surface area contributed by atoms with Crippen LogP contribution >= 0.6 is 0 Å². The highest BCUT2D eigenvalue weighted by atomic mass is 16.5. The van der Waals surface area contributed by atoms with E-state index in [1.807, 2.05) is 30.3 Å². The van der Waals surface area contributed by atoms with E-state index in [1.54, 1.807) is 0 Å². The van der Waals surface area contributed by atoms with Gasteiger partial charge in [0.05, 0.1) is 0 Å². The van der Waals surface area contributed by atoms with E-state index in [0.717, 1.165) is 5.56 Å². The highest BCUT2D eigenvalue weighted by Crippen LogP contribution is 2.04. The summed E-state index contributed by atoms with van der Waals surface area (Å²) < 4.78 is 5.04. The molecule has 0 spiro atoms. The molecule has 6 nitrogen and oxygen atoms in total. The summed E-state index contributed by atoms with van der Waals surface area (Å²) >= 11 is 0. The van der Waals surface area contributed by atoms with E-state index in [-0.39, 0.29) is 24.6 Å². The topological polar surface area (TPSA) is 88.3 Å². The number of hydrogen-bond acceptors (Lipinski definition) is 4. The van der Waals surface area contributed by atoms with Gasteiger partial charge in [-0.1, -0.05) is 30.3 Å². The van der Waals surface area contributed by atoms with Crippen LogP contribution in [0, 0.1) is 0 Å². The molecule has 0 saturated heterocycles. The zero-order chi connectivity index (χ0) is 15.9. The molecule has 0 fully saturated rings. The molecule has 0 aliphatic rings. The predicted molar refractivity (Wildman–Crippen MR) is 79.4 cm³/mol. The minimum atomic E-state index is -0.532. The van der Waals surface area contributed by atoms with Crippen molar-refractivity contribution >= 4 is 17.7 Å². The minimum Gasteiger partial charge on any atom is -0.460 e. The largest absolute Gasteiger partial charge is 0.460 e. The molecule has 0 bridgehead atoms. The summed E-state index contributed by atoms with van der Waals surface area (Å²) in [6.45, 7) is 1.33. The fraction of sp³-hybridized carbons (Fsp3) is 0.188. The Bertz CT molecular complexity index is 676. The number of nitrogens with one attached hydrogen (secondary N) is 2. The molecule has 0 aliphatic carbocycles. The van der Waals surface area contributed by atoms with Crippen LogP contribution < -0.4 is 5.32 Å². The highest BCUT2D eigenvalue weighted by molar-refractivity contribution is 5.99. The number of ether oxygens (including phenoxy) is 1.